The molecule has 1 fully saturated rings. The van der Waals surface area contributed by atoms with Gasteiger partial charge < -0.3 is 0 Å². The minimum atomic E-state index is -3.89. The third-order valence-corrected chi connectivity index (χ3v) is 5.45. The summed E-state index contributed by atoms with van der Waals surface area (Å²) in [5, 5.41) is 10.5. The summed E-state index contributed by atoms with van der Waals surface area (Å²) < 4.78 is 40.7. The minimum absolute atomic E-state index is 0.160. The molecular weight excluding hydrogens is 299 g/mol. The van der Waals surface area contributed by atoms with E-state index >= 15 is 0 Å². The van der Waals surface area contributed by atoms with Crippen LogP contribution in [-0.2, 0) is 10.0 Å². The van der Waals surface area contributed by atoms with Gasteiger partial charge in [0.15, 0.2) is 0 Å². The highest BCUT2D eigenvalue weighted by atomic mass is 32.2. The fourth-order valence-corrected chi connectivity index (χ4v) is 4.06. The molecule has 0 radical (unpaired) electrons. The quantitative estimate of drug-likeness (QED) is 0.683. The summed E-state index contributed by atoms with van der Waals surface area (Å²) in [6.45, 7) is 3.95. The van der Waals surface area contributed by atoms with Crippen LogP contribution in [0, 0.1) is 21.3 Å². The summed E-state index contributed by atoms with van der Waals surface area (Å²) in [5.74, 6) is -1.16. The summed E-state index contributed by atoms with van der Waals surface area (Å²) in [6, 6.07) is 2.37. The summed E-state index contributed by atoms with van der Waals surface area (Å²) >= 11 is 0. The number of hydrogen-bond acceptors (Lipinski definition) is 4. The van der Waals surface area contributed by atoms with Gasteiger partial charge in [0.1, 0.15) is 0 Å². The molecule has 8 heteroatoms. The molecule has 1 aromatic rings. The van der Waals surface area contributed by atoms with Crippen LogP contribution in [0.3, 0.4) is 0 Å². The third kappa shape index (κ3) is 3.21. The van der Waals surface area contributed by atoms with Crippen molar-refractivity contribution in [2.24, 2.45) is 5.41 Å². The zero-order valence-electron chi connectivity index (χ0n) is 11.8. The lowest BCUT2D eigenvalue weighted by Gasteiger charge is -2.27. The summed E-state index contributed by atoms with van der Waals surface area (Å²) in [4.78, 5) is 9.36. The van der Waals surface area contributed by atoms with Gasteiger partial charge in [0.2, 0.25) is 15.8 Å². The maximum Gasteiger partial charge on any atom is 0.304 e. The highest BCUT2D eigenvalue weighted by Crippen LogP contribution is 2.38. The predicted molar refractivity (Wildman–Crippen MR) is 74.8 cm³/mol. The van der Waals surface area contributed by atoms with Gasteiger partial charge in [-0.15, -0.1) is 0 Å². The number of nitro benzene ring substituents is 1. The molecular formula is C13H17FN2O4S. The Balaban J connectivity index is 2.28. The molecule has 0 amide bonds. The van der Waals surface area contributed by atoms with Crippen molar-refractivity contribution in [2.75, 3.05) is 0 Å². The molecule has 1 unspecified atom stereocenters. The van der Waals surface area contributed by atoms with Crippen LogP contribution in [-0.4, -0.2) is 19.4 Å². The summed E-state index contributed by atoms with van der Waals surface area (Å²) in [6.07, 6.45) is 2.56. The standard InChI is InChI=1S/C13H17FN2O4S/c1-13(2)7-3-4-12(13)15-21(19,20)9-5-6-11(16(17)18)10(14)8-9/h5-6,8,12,15H,3-4,7H2,1-2H3. The van der Waals surface area contributed by atoms with Gasteiger partial charge in [-0.05, 0) is 24.3 Å². The number of nitrogens with one attached hydrogen (secondary N) is 1. The average molecular weight is 316 g/mol. The second-order valence-electron chi connectivity index (χ2n) is 5.93. The van der Waals surface area contributed by atoms with E-state index in [2.05, 4.69) is 4.72 Å². The molecule has 0 heterocycles. The Bertz CT molecular complexity index is 673. The van der Waals surface area contributed by atoms with Crippen LogP contribution < -0.4 is 4.72 Å². The molecule has 0 aliphatic heterocycles. The molecule has 116 valence electrons. The fourth-order valence-electron chi connectivity index (χ4n) is 2.60. The van der Waals surface area contributed by atoms with Crippen molar-refractivity contribution in [3.05, 3.63) is 34.1 Å². The van der Waals surface area contributed by atoms with E-state index in [0.717, 1.165) is 31.4 Å². The van der Waals surface area contributed by atoms with Crippen LogP contribution in [0.1, 0.15) is 33.1 Å². The van der Waals surface area contributed by atoms with Gasteiger partial charge >= 0.3 is 5.69 Å². The van der Waals surface area contributed by atoms with Crippen LogP contribution in [0.5, 0.6) is 0 Å². The summed E-state index contributed by atoms with van der Waals surface area (Å²) in [5.41, 5.74) is -0.901. The van der Waals surface area contributed by atoms with Crippen molar-refractivity contribution in [3.8, 4) is 0 Å². The molecule has 0 bridgehead atoms. The molecule has 1 saturated carbocycles. The number of benzene rings is 1. The first-order valence-corrected chi connectivity index (χ1v) is 8.08. The van der Waals surface area contributed by atoms with Crippen molar-refractivity contribution < 1.29 is 17.7 Å². The molecule has 6 nitrogen and oxygen atoms in total. The zero-order chi connectivity index (χ0) is 15.8. The Morgan fingerprint density at radius 2 is 2.10 bits per heavy atom. The van der Waals surface area contributed by atoms with Gasteiger partial charge in [-0.3, -0.25) is 10.1 Å². The highest BCUT2D eigenvalue weighted by molar-refractivity contribution is 7.89. The van der Waals surface area contributed by atoms with Gasteiger partial charge in [0, 0.05) is 18.2 Å². The maximum atomic E-state index is 13.6. The van der Waals surface area contributed by atoms with E-state index in [-0.39, 0.29) is 16.4 Å². The number of rotatable bonds is 4. The topological polar surface area (TPSA) is 89.3 Å². The van der Waals surface area contributed by atoms with E-state index < -0.39 is 26.5 Å². The molecule has 2 rings (SSSR count). The van der Waals surface area contributed by atoms with Crippen molar-refractivity contribution in [1.82, 2.24) is 4.72 Å². The van der Waals surface area contributed by atoms with Crippen LogP contribution in [0.15, 0.2) is 23.1 Å². The molecule has 1 aliphatic rings. The zero-order valence-corrected chi connectivity index (χ0v) is 12.6. The van der Waals surface area contributed by atoms with Gasteiger partial charge in [-0.25, -0.2) is 13.1 Å². The molecule has 1 atom stereocenters. The van der Waals surface area contributed by atoms with Gasteiger partial charge in [0.25, 0.3) is 0 Å². The van der Waals surface area contributed by atoms with Gasteiger partial charge in [0.05, 0.1) is 9.82 Å². The van der Waals surface area contributed by atoms with Gasteiger partial charge in [-0.1, -0.05) is 20.3 Å². The number of nitrogens with zero attached hydrogens (tertiary/aromatic N) is 1. The maximum absolute atomic E-state index is 13.6. The molecule has 21 heavy (non-hydrogen) atoms. The van der Waals surface area contributed by atoms with Crippen molar-refractivity contribution in [3.63, 3.8) is 0 Å². The lowest BCUT2D eigenvalue weighted by atomic mass is 9.88. The first-order chi connectivity index (χ1) is 9.63. The Hall–Kier alpha value is -1.54. The Morgan fingerprint density at radius 3 is 2.57 bits per heavy atom. The number of halogens is 1. The average Bonchev–Trinajstić information content (AvgIpc) is 2.67. The van der Waals surface area contributed by atoms with E-state index in [0.29, 0.717) is 6.07 Å². The molecule has 1 aromatic carbocycles. The van der Waals surface area contributed by atoms with Crippen LogP contribution >= 0.6 is 0 Å². The van der Waals surface area contributed by atoms with E-state index in [1.54, 1.807) is 0 Å². The van der Waals surface area contributed by atoms with Crippen LogP contribution in [0.4, 0.5) is 10.1 Å². The fraction of sp³-hybridized carbons (Fsp3) is 0.538. The van der Waals surface area contributed by atoms with Crippen LogP contribution in [0.25, 0.3) is 0 Å². The molecule has 0 spiro atoms. The largest absolute Gasteiger partial charge is 0.304 e. The van der Waals surface area contributed by atoms with E-state index in [1.807, 2.05) is 13.8 Å². The van der Waals surface area contributed by atoms with E-state index in [1.165, 1.54) is 0 Å². The normalized spacial score (nSPS) is 21.4. The Labute approximate surface area is 122 Å². The highest BCUT2D eigenvalue weighted by Gasteiger charge is 2.37. The minimum Gasteiger partial charge on any atom is -0.258 e. The first kappa shape index (κ1) is 15.8. The molecule has 1 aliphatic carbocycles. The third-order valence-electron chi connectivity index (χ3n) is 3.98. The molecule has 0 aromatic heterocycles. The SMILES string of the molecule is CC1(C)CCCC1NS(=O)(=O)c1ccc([N+](=O)[O-])c(F)c1. The van der Waals surface area contributed by atoms with Crippen molar-refractivity contribution in [1.29, 1.82) is 0 Å². The Morgan fingerprint density at radius 1 is 1.43 bits per heavy atom. The Kier molecular flexibility index (Phi) is 4.03. The number of nitro groups is 1. The smallest absolute Gasteiger partial charge is 0.258 e. The summed E-state index contributed by atoms with van der Waals surface area (Å²) in [7, 11) is -3.89. The van der Waals surface area contributed by atoms with Crippen molar-refractivity contribution in [2.45, 2.75) is 44.0 Å². The lowest BCUT2D eigenvalue weighted by Crippen LogP contribution is -2.41. The number of sulfonamides is 1. The first-order valence-electron chi connectivity index (χ1n) is 6.60. The van der Waals surface area contributed by atoms with Gasteiger partial charge in [-0.2, -0.15) is 4.39 Å². The lowest BCUT2D eigenvalue weighted by molar-refractivity contribution is -0.387. The van der Waals surface area contributed by atoms with E-state index in [9.17, 15) is 22.9 Å². The number of hydrogen-bond donors (Lipinski definition) is 1. The molecule has 0 saturated heterocycles. The second kappa shape index (κ2) is 5.34. The monoisotopic (exact) mass is 316 g/mol. The van der Waals surface area contributed by atoms with E-state index in [4.69, 9.17) is 0 Å². The predicted octanol–water partition coefficient (Wildman–Crippen LogP) is 2.59. The molecule has 1 N–H and O–H groups in total. The van der Waals surface area contributed by atoms with Crippen LogP contribution in [0.2, 0.25) is 0 Å². The van der Waals surface area contributed by atoms with Crippen molar-refractivity contribution >= 4 is 15.7 Å². The second-order valence-corrected chi connectivity index (χ2v) is 7.64.